The molecule has 1 atom stereocenters. The second-order valence-corrected chi connectivity index (χ2v) is 6.44. The summed E-state index contributed by atoms with van der Waals surface area (Å²) in [6.45, 7) is 5.81. The van der Waals surface area contributed by atoms with Gasteiger partial charge in [-0.3, -0.25) is 4.98 Å². The van der Waals surface area contributed by atoms with Crippen molar-refractivity contribution < 1.29 is 0 Å². The Bertz CT molecular complexity index is 355. The maximum absolute atomic E-state index is 4.46. The van der Waals surface area contributed by atoms with Crippen LogP contribution in [-0.4, -0.2) is 17.6 Å². The fraction of sp³-hybridized carbons (Fsp3) is 0.722. The molecule has 1 aromatic heterocycles. The average Bonchev–Trinajstić information content (AvgIpc) is 2.50. The van der Waals surface area contributed by atoms with E-state index in [-0.39, 0.29) is 0 Å². The Hall–Kier alpha value is -0.890. The highest BCUT2D eigenvalue weighted by molar-refractivity contribution is 5.04. The molecule has 1 aliphatic carbocycles. The van der Waals surface area contributed by atoms with Crippen molar-refractivity contribution in [2.75, 3.05) is 6.54 Å². The third-order valence-corrected chi connectivity index (χ3v) is 4.72. The fourth-order valence-electron chi connectivity index (χ4n) is 3.37. The molecular weight excluding hydrogens is 244 g/mol. The minimum absolute atomic E-state index is 0.685. The Labute approximate surface area is 124 Å². The summed E-state index contributed by atoms with van der Waals surface area (Å²) in [5.41, 5.74) is 1.24. The van der Waals surface area contributed by atoms with Gasteiger partial charge in [-0.05, 0) is 62.6 Å². The number of hydrogen-bond donors (Lipinski definition) is 1. The molecule has 20 heavy (non-hydrogen) atoms. The number of hydrogen-bond acceptors (Lipinski definition) is 2. The van der Waals surface area contributed by atoms with Gasteiger partial charge in [-0.25, -0.2) is 0 Å². The summed E-state index contributed by atoms with van der Waals surface area (Å²) in [5, 5.41) is 3.80. The molecule has 2 heteroatoms. The van der Waals surface area contributed by atoms with Crippen LogP contribution >= 0.6 is 0 Å². The van der Waals surface area contributed by atoms with Crippen molar-refractivity contribution in [1.29, 1.82) is 0 Å². The Morgan fingerprint density at radius 2 is 2.05 bits per heavy atom. The van der Waals surface area contributed by atoms with Crippen molar-refractivity contribution in [3.05, 3.63) is 30.1 Å². The Morgan fingerprint density at radius 3 is 2.70 bits per heavy atom. The first kappa shape index (κ1) is 15.5. The molecule has 1 N–H and O–H groups in total. The van der Waals surface area contributed by atoms with E-state index in [1.165, 1.54) is 44.2 Å². The van der Waals surface area contributed by atoms with E-state index in [0.29, 0.717) is 6.04 Å². The van der Waals surface area contributed by atoms with Crippen LogP contribution in [0.3, 0.4) is 0 Å². The molecule has 0 amide bonds. The first-order chi connectivity index (χ1) is 9.79. The predicted octanol–water partition coefficient (Wildman–Crippen LogP) is 4.21. The third-order valence-electron chi connectivity index (χ3n) is 4.72. The number of nitrogens with zero attached hydrogens (tertiary/aromatic N) is 1. The molecule has 0 bridgehead atoms. The van der Waals surface area contributed by atoms with E-state index < -0.39 is 0 Å². The van der Waals surface area contributed by atoms with Crippen LogP contribution in [0.1, 0.15) is 58.1 Å². The zero-order valence-corrected chi connectivity index (χ0v) is 13.1. The zero-order valence-electron chi connectivity index (χ0n) is 13.1. The number of aromatic nitrogens is 1. The zero-order chi connectivity index (χ0) is 14.2. The molecule has 1 fully saturated rings. The van der Waals surface area contributed by atoms with Gasteiger partial charge >= 0.3 is 0 Å². The van der Waals surface area contributed by atoms with E-state index in [9.17, 15) is 0 Å². The van der Waals surface area contributed by atoms with Gasteiger partial charge in [0, 0.05) is 17.9 Å². The molecule has 2 nitrogen and oxygen atoms in total. The summed E-state index contributed by atoms with van der Waals surface area (Å²) >= 11 is 0. The van der Waals surface area contributed by atoms with Gasteiger partial charge in [-0.1, -0.05) is 32.8 Å². The summed E-state index contributed by atoms with van der Waals surface area (Å²) in [6, 6.07) is 6.93. The number of pyridine rings is 1. The highest BCUT2D eigenvalue weighted by Gasteiger charge is 2.25. The molecule has 0 radical (unpaired) electrons. The Kier molecular flexibility index (Phi) is 6.52. The highest BCUT2D eigenvalue weighted by atomic mass is 14.9. The Morgan fingerprint density at radius 1 is 1.25 bits per heavy atom. The molecule has 1 aliphatic rings. The summed E-state index contributed by atoms with van der Waals surface area (Å²) in [6.07, 6.45) is 11.1. The normalized spacial score (nSPS) is 24.5. The SMILES string of the molecule is CCCNC(CCc1ccccn1)C1CCC(C)CC1. The number of aryl methyl sites for hydroxylation is 1. The first-order valence-corrected chi connectivity index (χ1v) is 8.43. The Balaban J connectivity index is 1.86. The fourth-order valence-corrected chi connectivity index (χ4v) is 3.37. The molecule has 1 saturated carbocycles. The van der Waals surface area contributed by atoms with Crippen LogP contribution in [-0.2, 0) is 6.42 Å². The summed E-state index contributed by atoms with van der Waals surface area (Å²) in [5.74, 6) is 1.82. The maximum atomic E-state index is 4.46. The van der Waals surface area contributed by atoms with Gasteiger partial charge in [0.15, 0.2) is 0 Å². The van der Waals surface area contributed by atoms with E-state index >= 15 is 0 Å². The average molecular weight is 274 g/mol. The van der Waals surface area contributed by atoms with E-state index in [0.717, 1.165) is 24.8 Å². The number of rotatable bonds is 7. The molecule has 1 aromatic rings. The van der Waals surface area contributed by atoms with Crippen molar-refractivity contribution in [2.45, 2.75) is 64.8 Å². The third kappa shape index (κ3) is 4.90. The van der Waals surface area contributed by atoms with Gasteiger partial charge in [0.2, 0.25) is 0 Å². The van der Waals surface area contributed by atoms with Crippen LogP contribution in [0.2, 0.25) is 0 Å². The summed E-state index contributed by atoms with van der Waals surface area (Å²) in [4.78, 5) is 4.46. The van der Waals surface area contributed by atoms with Gasteiger partial charge in [-0.15, -0.1) is 0 Å². The van der Waals surface area contributed by atoms with Crippen LogP contribution in [0.4, 0.5) is 0 Å². The summed E-state index contributed by atoms with van der Waals surface area (Å²) < 4.78 is 0. The second-order valence-electron chi connectivity index (χ2n) is 6.44. The molecule has 0 aromatic carbocycles. The highest BCUT2D eigenvalue weighted by Crippen LogP contribution is 2.31. The second kappa shape index (κ2) is 8.41. The van der Waals surface area contributed by atoms with Crippen molar-refractivity contribution in [3.63, 3.8) is 0 Å². The molecule has 1 heterocycles. The molecular formula is C18H30N2. The largest absolute Gasteiger partial charge is 0.314 e. The van der Waals surface area contributed by atoms with E-state index in [4.69, 9.17) is 0 Å². The minimum Gasteiger partial charge on any atom is -0.314 e. The predicted molar refractivity (Wildman–Crippen MR) is 85.8 cm³/mol. The van der Waals surface area contributed by atoms with Gasteiger partial charge in [0.25, 0.3) is 0 Å². The maximum Gasteiger partial charge on any atom is 0.0404 e. The van der Waals surface area contributed by atoms with Crippen molar-refractivity contribution >= 4 is 0 Å². The van der Waals surface area contributed by atoms with Crippen molar-refractivity contribution in [2.24, 2.45) is 11.8 Å². The molecule has 0 aliphatic heterocycles. The molecule has 2 rings (SSSR count). The lowest BCUT2D eigenvalue weighted by atomic mass is 9.78. The first-order valence-electron chi connectivity index (χ1n) is 8.43. The number of nitrogens with one attached hydrogen (secondary N) is 1. The van der Waals surface area contributed by atoms with Crippen LogP contribution < -0.4 is 5.32 Å². The van der Waals surface area contributed by atoms with Crippen LogP contribution in [0.25, 0.3) is 0 Å². The minimum atomic E-state index is 0.685. The van der Waals surface area contributed by atoms with E-state index in [1.807, 2.05) is 12.3 Å². The van der Waals surface area contributed by atoms with Gasteiger partial charge in [0.1, 0.15) is 0 Å². The van der Waals surface area contributed by atoms with Gasteiger partial charge < -0.3 is 5.32 Å². The monoisotopic (exact) mass is 274 g/mol. The van der Waals surface area contributed by atoms with Crippen LogP contribution in [0, 0.1) is 11.8 Å². The standard InChI is InChI=1S/C18H30N2/c1-3-13-20-18(16-9-7-15(2)8-10-16)12-11-17-6-4-5-14-19-17/h4-6,14-16,18,20H,3,7-13H2,1-2H3. The molecule has 112 valence electrons. The van der Waals surface area contributed by atoms with Crippen molar-refractivity contribution in [1.82, 2.24) is 10.3 Å². The van der Waals surface area contributed by atoms with Gasteiger partial charge in [-0.2, -0.15) is 0 Å². The molecule has 1 unspecified atom stereocenters. The lowest BCUT2D eigenvalue weighted by molar-refractivity contribution is 0.222. The topological polar surface area (TPSA) is 24.9 Å². The van der Waals surface area contributed by atoms with E-state index in [1.54, 1.807) is 0 Å². The molecule has 0 spiro atoms. The lowest BCUT2D eigenvalue weighted by Crippen LogP contribution is -2.38. The smallest absolute Gasteiger partial charge is 0.0404 e. The quantitative estimate of drug-likeness (QED) is 0.805. The lowest BCUT2D eigenvalue weighted by Gasteiger charge is -2.33. The van der Waals surface area contributed by atoms with Crippen LogP contribution in [0.15, 0.2) is 24.4 Å². The van der Waals surface area contributed by atoms with Gasteiger partial charge in [0.05, 0.1) is 0 Å². The summed E-state index contributed by atoms with van der Waals surface area (Å²) in [7, 11) is 0. The van der Waals surface area contributed by atoms with E-state index in [2.05, 4.69) is 36.3 Å². The van der Waals surface area contributed by atoms with Crippen molar-refractivity contribution in [3.8, 4) is 0 Å². The van der Waals surface area contributed by atoms with Crippen LogP contribution in [0.5, 0.6) is 0 Å². The molecule has 0 saturated heterocycles.